The minimum Gasteiger partial charge on any atom is -0.493 e. The maximum absolute atomic E-state index is 10.4. The van der Waals surface area contributed by atoms with E-state index in [0.717, 1.165) is 0 Å². The Morgan fingerprint density at radius 3 is 1.71 bits per heavy atom. The van der Waals surface area contributed by atoms with Gasteiger partial charge in [-0.15, -0.1) is 6.58 Å². The van der Waals surface area contributed by atoms with Gasteiger partial charge in [0.2, 0.25) is 18.3 Å². The molecule has 0 saturated carbocycles. The zero-order chi connectivity index (χ0) is 25.9. The van der Waals surface area contributed by atoms with E-state index in [4.69, 9.17) is 23.7 Å². The zero-order valence-electron chi connectivity index (χ0n) is 19.0. The lowest BCUT2D eigenvalue weighted by molar-refractivity contribution is -0.282. The van der Waals surface area contributed by atoms with E-state index >= 15 is 0 Å². The van der Waals surface area contributed by atoms with Gasteiger partial charge in [0.1, 0.15) is 48.8 Å². The molecule has 0 amide bonds. The summed E-state index contributed by atoms with van der Waals surface area (Å²) in [6.07, 6.45) is -13.7. The highest BCUT2D eigenvalue weighted by Gasteiger charge is 2.47. The van der Waals surface area contributed by atoms with Gasteiger partial charge in [0.15, 0.2) is 11.5 Å². The van der Waals surface area contributed by atoms with Crippen LogP contribution in [0.1, 0.15) is 5.56 Å². The van der Waals surface area contributed by atoms with Crippen LogP contribution < -0.4 is 14.2 Å². The topological polar surface area (TPSA) is 208 Å². The highest BCUT2D eigenvalue weighted by Crippen LogP contribution is 2.42. The molecule has 35 heavy (non-hydrogen) atoms. The Labute approximate surface area is 200 Å². The van der Waals surface area contributed by atoms with Crippen molar-refractivity contribution in [3.8, 4) is 17.2 Å². The third kappa shape index (κ3) is 5.70. The molecule has 2 aliphatic heterocycles. The molecule has 0 radical (unpaired) electrons. The standard InChI is InChI=1S/C22H32O13/c1-3-4-9-5-10(31-2)20(35-22-19(30)17(28)15(26)13(8-24)34-22)11(6-9)32-21-18(29)16(27)14(25)12(7-23)33-21/h3,5-6,12-19,21-30H,1,4,7-8H2,2H3/t12-,13-,14-,15-,16+,17+,18-,19-,21-,22+/m1/s1. The fraction of sp³-hybridized carbons (Fsp3) is 0.636. The van der Waals surface area contributed by atoms with Gasteiger partial charge in [0, 0.05) is 0 Å². The number of hydrogen-bond acceptors (Lipinski definition) is 13. The second kappa shape index (κ2) is 11.8. The number of methoxy groups -OCH3 is 1. The molecule has 198 valence electrons. The van der Waals surface area contributed by atoms with Gasteiger partial charge >= 0.3 is 0 Å². The number of benzene rings is 1. The minimum atomic E-state index is -1.73. The summed E-state index contributed by atoms with van der Waals surface area (Å²) in [6.45, 7) is 2.33. The molecular formula is C22H32O13. The van der Waals surface area contributed by atoms with Crippen molar-refractivity contribution in [2.75, 3.05) is 20.3 Å². The molecule has 8 N–H and O–H groups in total. The molecular weight excluding hydrogens is 472 g/mol. The van der Waals surface area contributed by atoms with Crippen LogP contribution in [-0.2, 0) is 15.9 Å². The number of aliphatic hydroxyl groups is 8. The van der Waals surface area contributed by atoms with Crippen LogP contribution in [0.15, 0.2) is 24.8 Å². The Bertz CT molecular complexity index is 847. The summed E-state index contributed by atoms with van der Waals surface area (Å²) in [4.78, 5) is 0. The fourth-order valence-corrected chi connectivity index (χ4v) is 3.84. The zero-order valence-corrected chi connectivity index (χ0v) is 19.0. The summed E-state index contributed by atoms with van der Waals surface area (Å²) >= 11 is 0. The van der Waals surface area contributed by atoms with E-state index in [2.05, 4.69) is 6.58 Å². The van der Waals surface area contributed by atoms with Crippen molar-refractivity contribution < 1.29 is 64.5 Å². The lowest BCUT2D eigenvalue weighted by atomic mass is 9.99. The normalized spacial score (nSPS) is 37.5. The van der Waals surface area contributed by atoms with Crippen LogP contribution in [-0.4, -0.2) is 123 Å². The molecule has 0 aromatic heterocycles. The van der Waals surface area contributed by atoms with Crippen molar-refractivity contribution in [1.29, 1.82) is 0 Å². The summed E-state index contributed by atoms with van der Waals surface area (Å²) in [7, 11) is 1.32. The van der Waals surface area contributed by atoms with Crippen molar-refractivity contribution >= 4 is 0 Å². The van der Waals surface area contributed by atoms with Crippen molar-refractivity contribution in [2.24, 2.45) is 0 Å². The van der Waals surface area contributed by atoms with Gasteiger partial charge < -0.3 is 64.5 Å². The largest absolute Gasteiger partial charge is 0.493 e. The van der Waals surface area contributed by atoms with Crippen molar-refractivity contribution in [3.05, 3.63) is 30.4 Å². The number of rotatable bonds is 9. The summed E-state index contributed by atoms with van der Waals surface area (Å²) in [6, 6.07) is 3.05. The highest BCUT2D eigenvalue weighted by atomic mass is 16.7. The van der Waals surface area contributed by atoms with E-state index in [1.165, 1.54) is 13.2 Å². The van der Waals surface area contributed by atoms with Crippen LogP contribution in [0.5, 0.6) is 17.2 Å². The lowest BCUT2D eigenvalue weighted by Gasteiger charge is -2.41. The van der Waals surface area contributed by atoms with Gasteiger partial charge in [-0.05, 0) is 24.1 Å². The Kier molecular flexibility index (Phi) is 9.28. The van der Waals surface area contributed by atoms with Crippen LogP contribution >= 0.6 is 0 Å². The van der Waals surface area contributed by atoms with Crippen LogP contribution in [0, 0.1) is 0 Å². The van der Waals surface area contributed by atoms with Crippen LogP contribution in [0.2, 0.25) is 0 Å². The fourth-order valence-electron chi connectivity index (χ4n) is 3.84. The summed E-state index contributed by atoms with van der Waals surface area (Å²) in [5, 5.41) is 79.9. The quantitative estimate of drug-likeness (QED) is 0.156. The van der Waals surface area contributed by atoms with Crippen molar-refractivity contribution in [3.63, 3.8) is 0 Å². The average Bonchev–Trinajstić information content (AvgIpc) is 2.85. The van der Waals surface area contributed by atoms with Gasteiger partial charge in [0.25, 0.3) is 0 Å². The molecule has 2 fully saturated rings. The summed E-state index contributed by atoms with van der Waals surface area (Å²) < 4.78 is 27.7. The van der Waals surface area contributed by atoms with E-state index in [1.54, 1.807) is 12.1 Å². The van der Waals surface area contributed by atoms with E-state index in [-0.39, 0.29) is 17.2 Å². The van der Waals surface area contributed by atoms with Gasteiger partial charge in [-0.3, -0.25) is 0 Å². The highest BCUT2D eigenvalue weighted by molar-refractivity contribution is 5.54. The van der Waals surface area contributed by atoms with E-state index in [9.17, 15) is 40.9 Å². The second-order valence-corrected chi connectivity index (χ2v) is 8.25. The molecule has 2 aliphatic rings. The van der Waals surface area contributed by atoms with Crippen LogP contribution in [0.4, 0.5) is 0 Å². The number of ether oxygens (including phenoxy) is 5. The molecule has 13 heteroatoms. The first-order valence-electron chi connectivity index (χ1n) is 10.9. The molecule has 1 aromatic rings. The predicted molar refractivity (Wildman–Crippen MR) is 116 cm³/mol. The van der Waals surface area contributed by atoms with Crippen molar-refractivity contribution in [1.82, 2.24) is 0 Å². The third-order valence-corrected chi connectivity index (χ3v) is 5.85. The molecule has 2 heterocycles. The van der Waals surface area contributed by atoms with Crippen LogP contribution in [0.25, 0.3) is 0 Å². The number of aliphatic hydroxyl groups excluding tert-OH is 8. The Balaban J connectivity index is 1.97. The molecule has 1 aromatic carbocycles. The Morgan fingerprint density at radius 2 is 1.26 bits per heavy atom. The molecule has 0 spiro atoms. The number of allylic oxidation sites excluding steroid dienone is 1. The molecule has 0 aliphatic carbocycles. The summed E-state index contributed by atoms with van der Waals surface area (Å²) in [5.74, 6) is -0.190. The maximum atomic E-state index is 10.4. The van der Waals surface area contributed by atoms with Gasteiger partial charge in [0.05, 0.1) is 20.3 Å². The second-order valence-electron chi connectivity index (χ2n) is 8.25. The average molecular weight is 504 g/mol. The number of hydrogen-bond donors (Lipinski definition) is 8. The first kappa shape index (κ1) is 27.5. The first-order chi connectivity index (χ1) is 16.7. The monoisotopic (exact) mass is 504 g/mol. The minimum absolute atomic E-state index is 0.0842. The van der Waals surface area contributed by atoms with Gasteiger partial charge in [-0.25, -0.2) is 0 Å². The van der Waals surface area contributed by atoms with E-state index in [0.29, 0.717) is 12.0 Å². The van der Waals surface area contributed by atoms with Gasteiger partial charge in [-0.1, -0.05) is 6.08 Å². The molecule has 0 bridgehead atoms. The molecule has 0 unspecified atom stereocenters. The Hall–Kier alpha value is -2.04. The Morgan fingerprint density at radius 1 is 0.771 bits per heavy atom. The molecule has 3 rings (SSSR count). The van der Waals surface area contributed by atoms with Crippen molar-refractivity contribution in [2.45, 2.75) is 67.8 Å². The molecule has 10 atom stereocenters. The summed E-state index contributed by atoms with van der Waals surface area (Å²) in [5.41, 5.74) is 0.623. The smallest absolute Gasteiger partial charge is 0.229 e. The molecule has 2 saturated heterocycles. The third-order valence-electron chi connectivity index (χ3n) is 5.85. The predicted octanol–water partition coefficient (Wildman–Crippen LogP) is -3.22. The maximum Gasteiger partial charge on any atom is 0.229 e. The SMILES string of the molecule is C=CCc1cc(OC)c(O[C@@H]2O[C@H](CO)[C@@H](O)[C@H](O)[C@H]2O)c(O[C@@H]2O[C@H](CO)[C@@H](O)[C@H](O)[C@H]2O)c1. The molecule has 13 nitrogen and oxygen atoms in total. The first-order valence-corrected chi connectivity index (χ1v) is 10.9. The van der Waals surface area contributed by atoms with Crippen LogP contribution in [0.3, 0.4) is 0 Å². The van der Waals surface area contributed by atoms with E-state index < -0.39 is 74.6 Å². The van der Waals surface area contributed by atoms with E-state index in [1.807, 2.05) is 0 Å². The van der Waals surface area contributed by atoms with Gasteiger partial charge in [-0.2, -0.15) is 0 Å². The lowest BCUT2D eigenvalue weighted by Crippen LogP contribution is -2.60.